The zero-order chi connectivity index (χ0) is 28.7. The van der Waals surface area contributed by atoms with Crippen LogP contribution in [0.5, 0.6) is 11.5 Å². The number of nitriles is 1. The van der Waals surface area contributed by atoms with Crippen molar-refractivity contribution in [3.8, 4) is 23.3 Å². The van der Waals surface area contributed by atoms with Gasteiger partial charge in [0.2, 0.25) is 0 Å². The number of benzene rings is 2. The highest BCUT2D eigenvalue weighted by atomic mass is 19.3. The van der Waals surface area contributed by atoms with Crippen LogP contribution in [-0.2, 0) is 4.79 Å². The molecule has 1 saturated carbocycles. The molecule has 6 rings (SSSR count). The van der Waals surface area contributed by atoms with Gasteiger partial charge in [-0.05, 0) is 55.3 Å². The van der Waals surface area contributed by atoms with E-state index in [2.05, 4.69) is 4.98 Å². The first kappa shape index (κ1) is 26.3. The maximum Gasteiger partial charge on any atom is 0.334 e. The molecular weight excluding hydrogens is 530 g/mol. The molecule has 2 N–H and O–H groups in total. The molecule has 2 aromatic carbocycles. The Balaban J connectivity index is 1.32. The van der Waals surface area contributed by atoms with Crippen LogP contribution in [0.2, 0.25) is 0 Å². The van der Waals surface area contributed by atoms with Crippen molar-refractivity contribution in [2.75, 3.05) is 18.8 Å². The Bertz CT molecular complexity index is 1760. The summed E-state index contributed by atoms with van der Waals surface area (Å²) in [6.07, 6.45) is 3.40. The lowest BCUT2D eigenvalue weighted by Gasteiger charge is -2.33. The molecule has 4 aromatic rings. The summed E-state index contributed by atoms with van der Waals surface area (Å²) >= 11 is 0. The van der Waals surface area contributed by atoms with Crippen LogP contribution >= 0.6 is 0 Å². The number of para-hydroxylation sites is 1. The number of amides is 1. The van der Waals surface area contributed by atoms with Gasteiger partial charge < -0.3 is 15.4 Å². The molecule has 11 heteroatoms. The number of allylic oxidation sites excluding steroid dienone is 1. The van der Waals surface area contributed by atoms with Gasteiger partial charge in [-0.1, -0.05) is 24.3 Å². The monoisotopic (exact) mass is 556 g/mol. The lowest BCUT2D eigenvalue weighted by atomic mass is 10.0. The zero-order valence-electron chi connectivity index (χ0n) is 21.9. The van der Waals surface area contributed by atoms with Crippen LogP contribution in [-0.4, -0.2) is 43.9 Å². The van der Waals surface area contributed by atoms with Crippen molar-refractivity contribution >= 4 is 22.8 Å². The maximum absolute atomic E-state index is 14.0. The lowest BCUT2D eigenvalue weighted by Crippen LogP contribution is -2.43. The Kier molecular flexibility index (Phi) is 6.53. The Labute approximate surface area is 233 Å². The fraction of sp³-hybridized carbons (Fsp3) is 0.267. The van der Waals surface area contributed by atoms with E-state index < -0.39 is 23.8 Å². The maximum atomic E-state index is 14.0. The first-order valence-electron chi connectivity index (χ1n) is 13.3. The number of imidazole rings is 1. The molecule has 2 aromatic heterocycles. The molecule has 1 saturated heterocycles. The number of fused-ring (bicyclic) bond motifs is 1. The number of pyridine rings is 1. The number of piperidine rings is 1. The molecule has 9 nitrogen and oxygen atoms in total. The molecule has 3 heterocycles. The van der Waals surface area contributed by atoms with E-state index in [1.807, 2.05) is 30.3 Å². The first-order chi connectivity index (χ1) is 19.8. The summed E-state index contributed by atoms with van der Waals surface area (Å²) in [5.41, 5.74) is 7.16. The number of nitrogen functional groups attached to an aromatic ring is 1. The molecular formula is C30H26F2N6O3. The van der Waals surface area contributed by atoms with Crippen LogP contribution in [0.3, 0.4) is 0 Å². The molecule has 0 spiro atoms. The van der Waals surface area contributed by atoms with Gasteiger partial charge in [0.15, 0.2) is 0 Å². The highest BCUT2D eigenvalue weighted by molar-refractivity contribution is 5.97. The summed E-state index contributed by atoms with van der Waals surface area (Å²) in [4.78, 5) is 32.8. The van der Waals surface area contributed by atoms with Crippen LogP contribution in [0, 0.1) is 17.2 Å². The van der Waals surface area contributed by atoms with E-state index in [4.69, 9.17) is 10.5 Å². The minimum absolute atomic E-state index is 0.143. The fourth-order valence-electron chi connectivity index (χ4n) is 5.36. The second-order valence-electron chi connectivity index (χ2n) is 10.3. The van der Waals surface area contributed by atoms with Gasteiger partial charge in [0.05, 0.1) is 17.2 Å². The highest BCUT2D eigenvalue weighted by Crippen LogP contribution is 2.50. The third kappa shape index (κ3) is 4.93. The fourth-order valence-corrected chi connectivity index (χ4v) is 5.36. The van der Waals surface area contributed by atoms with Crippen LogP contribution in [0.4, 0.5) is 14.6 Å². The van der Waals surface area contributed by atoms with Crippen molar-refractivity contribution < 1.29 is 18.3 Å². The summed E-state index contributed by atoms with van der Waals surface area (Å²) in [5, 5.41) is 9.51. The number of alkyl halides is 2. The number of nitrogens with two attached hydrogens (primary N) is 1. The summed E-state index contributed by atoms with van der Waals surface area (Å²) in [6.45, 7) is 0.499. The van der Waals surface area contributed by atoms with Gasteiger partial charge >= 0.3 is 5.69 Å². The number of nitrogens with zero attached hydrogens (tertiary/aromatic N) is 5. The van der Waals surface area contributed by atoms with E-state index in [-0.39, 0.29) is 30.0 Å². The molecule has 1 aliphatic carbocycles. The average Bonchev–Trinajstić information content (AvgIpc) is 3.46. The summed E-state index contributed by atoms with van der Waals surface area (Å²) in [7, 11) is 0. The normalized spacial score (nSPS) is 20.0. The number of hydrogen-bond acceptors (Lipinski definition) is 6. The van der Waals surface area contributed by atoms with Crippen molar-refractivity contribution in [3.63, 3.8) is 0 Å². The molecule has 208 valence electrons. The number of anilines is 1. The number of carbonyl (C=O) groups excluding carboxylic acids is 1. The van der Waals surface area contributed by atoms with Crippen molar-refractivity contribution in [1.29, 1.82) is 5.26 Å². The van der Waals surface area contributed by atoms with Gasteiger partial charge in [0.1, 0.15) is 34.5 Å². The molecule has 2 atom stereocenters. The molecule has 1 aliphatic heterocycles. The second kappa shape index (κ2) is 10.2. The Morgan fingerprint density at radius 1 is 1.12 bits per heavy atom. The van der Waals surface area contributed by atoms with Gasteiger partial charge in [0, 0.05) is 31.6 Å². The van der Waals surface area contributed by atoms with E-state index >= 15 is 0 Å². The molecule has 0 bridgehead atoms. The number of aromatic nitrogens is 3. The van der Waals surface area contributed by atoms with Gasteiger partial charge in [-0.25, -0.2) is 18.6 Å². The number of ether oxygens (including phenoxy) is 1. The standard InChI is InChI=1S/C30H26F2N6O3/c31-30(32)16-20(30)15-19(17-33)28(39)36-14-4-5-22(18-36)37-25-12-13-35-27(34)26(25)38(29(37)40)21-8-10-24(11-9-21)41-23-6-2-1-3-7-23/h1-3,6-13,15,20,22H,4-5,14,16,18H2,(H2,34,35)/b19-15+/t20?,22-/m1/s1. The molecule has 1 amide bonds. The number of rotatable bonds is 6. The molecule has 1 unspecified atom stereocenters. The van der Waals surface area contributed by atoms with Gasteiger partial charge in [-0.15, -0.1) is 0 Å². The molecule has 41 heavy (non-hydrogen) atoms. The van der Waals surface area contributed by atoms with Crippen LogP contribution in [0.15, 0.2) is 83.3 Å². The van der Waals surface area contributed by atoms with Crippen molar-refractivity contribution in [1.82, 2.24) is 19.0 Å². The van der Waals surface area contributed by atoms with Gasteiger partial charge in [0.25, 0.3) is 11.8 Å². The number of hydrogen-bond donors (Lipinski definition) is 1. The number of halogens is 2. The van der Waals surface area contributed by atoms with Crippen molar-refractivity contribution in [3.05, 3.63) is 89.0 Å². The van der Waals surface area contributed by atoms with E-state index in [1.165, 1.54) is 15.7 Å². The Morgan fingerprint density at radius 2 is 1.83 bits per heavy atom. The number of carbonyl (C=O) groups is 1. The Hall–Kier alpha value is -4.98. The van der Waals surface area contributed by atoms with Crippen molar-refractivity contribution in [2.45, 2.75) is 31.2 Å². The topological polar surface area (TPSA) is 119 Å². The van der Waals surface area contributed by atoms with Gasteiger partial charge in [-0.2, -0.15) is 5.26 Å². The van der Waals surface area contributed by atoms with E-state index in [1.54, 1.807) is 41.0 Å². The molecule has 2 aliphatic rings. The van der Waals surface area contributed by atoms with E-state index in [9.17, 15) is 23.6 Å². The Morgan fingerprint density at radius 3 is 2.51 bits per heavy atom. The number of likely N-dealkylation sites (tertiary alicyclic amines) is 1. The third-order valence-electron chi connectivity index (χ3n) is 7.53. The lowest BCUT2D eigenvalue weighted by molar-refractivity contribution is -0.128. The quantitative estimate of drug-likeness (QED) is 0.268. The van der Waals surface area contributed by atoms with Crippen LogP contribution < -0.4 is 16.2 Å². The summed E-state index contributed by atoms with van der Waals surface area (Å²) < 4.78 is 35.8. The minimum Gasteiger partial charge on any atom is -0.457 e. The third-order valence-corrected chi connectivity index (χ3v) is 7.53. The molecule has 2 fully saturated rings. The van der Waals surface area contributed by atoms with Gasteiger partial charge in [-0.3, -0.25) is 13.9 Å². The highest BCUT2D eigenvalue weighted by Gasteiger charge is 2.55. The smallest absolute Gasteiger partial charge is 0.334 e. The second-order valence-corrected chi connectivity index (χ2v) is 10.3. The van der Waals surface area contributed by atoms with Crippen LogP contribution in [0.25, 0.3) is 16.7 Å². The summed E-state index contributed by atoms with van der Waals surface area (Å²) in [5.74, 6) is -3.13. The SMILES string of the molecule is N#C/C(=C\C1CC1(F)F)C(=O)N1CCC[C@@H](n2c(=O)n(-c3ccc(Oc4ccccc4)cc3)c3c(N)nccc32)C1. The van der Waals surface area contributed by atoms with E-state index in [0.29, 0.717) is 47.6 Å². The first-order valence-corrected chi connectivity index (χ1v) is 13.3. The molecule has 0 radical (unpaired) electrons. The van der Waals surface area contributed by atoms with Crippen LogP contribution in [0.1, 0.15) is 25.3 Å². The average molecular weight is 557 g/mol. The predicted octanol–water partition coefficient (Wildman–Crippen LogP) is 4.83. The van der Waals surface area contributed by atoms with E-state index in [0.717, 1.165) is 6.08 Å². The summed E-state index contributed by atoms with van der Waals surface area (Å²) in [6, 6.07) is 19.4. The predicted molar refractivity (Wildman–Crippen MR) is 148 cm³/mol. The van der Waals surface area contributed by atoms with Crippen molar-refractivity contribution in [2.24, 2.45) is 5.92 Å². The largest absolute Gasteiger partial charge is 0.457 e. The minimum atomic E-state index is -2.87. The zero-order valence-corrected chi connectivity index (χ0v) is 21.9.